The summed E-state index contributed by atoms with van der Waals surface area (Å²) in [6, 6.07) is 25.7. The first-order valence-corrected chi connectivity index (χ1v) is 11.4. The molecule has 1 amide bonds. The summed E-state index contributed by atoms with van der Waals surface area (Å²) < 4.78 is 0. The quantitative estimate of drug-likeness (QED) is 0.255. The van der Waals surface area contributed by atoms with Crippen LogP contribution >= 0.6 is 0 Å². The minimum atomic E-state index is -0.381. The highest BCUT2D eigenvalue weighted by Gasteiger charge is 2.32. The minimum absolute atomic E-state index is 0.138. The number of carbonyl (C=O) groups excluding carboxylic acids is 4. The van der Waals surface area contributed by atoms with Crippen LogP contribution in [0.25, 0.3) is 6.08 Å². The number of amides is 1. The number of ketones is 3. The molecule has 0 radical (unpaired) electrons. The first-order valence-electron chi connectivity index (χ1n) is 11.4. The molecule has 174 valence electrons. The topological polar surface area (TPSA) is 80.3 Å². The second-order valence-electron chi connectivity index (χ2n) is 8.57. The van der Waals surface area contributed by atoms with E-state index in [1.165, 1.54) is 6.08 Å². The molecule has 1 aliphatic carbocycles. The summed E-state index contributed by atoms with van der Waals surface area (Å²) in [5.74, 6) is -1.21. The fourth-order valence-electron chi connectivity index (χ4n) is 4.20. The molecule has 0 heterocycles. The Bertz CT molecular complexity index is 1560. The standard InChI is InChI=1S/C31H21NO4/c1-19-9-16-22(17-10-19)32-31(36)21-14-11-20(12-15-21)13-18-27(33)25-7-4-8-26-28(25)30(35)24-6-3-2-5-23(24)29(26)34/h2-18H,1H3,(H,32,36)/b18-13+. The van der Waals surface area contributed by atoms with E-state index >= 15 is 0 Å². The van der Waals surface area contributed by atoms with Crippen LogP contribution in [0.3, 0.4) is 0 Å². The maximum Gasteiger partial charge on any atom is 0.255 e. The average molecular weight is 472 g/mol. The van der Waals surface area contributed by atoms with Crippen molar-refractivity contribution in [3.63, 3.8) is 0 Å². The molecule has 0 aliphatic heterocycles. The Morgan fingerprint density at radius 2 is 1.33 bits per heavy atom. The third-order valence-corrected chi connectivity index (χ3v) is 6.13. The molecule has 5 heteroatoms. The van der Waals surface area contributed by atoms with Crippen LogP contribution in [0.15, 0.2) is 97.1 Å². The van der Waals surface area contributed by atoms with Crippen molar-refractivity contribution in [1.29, 1.82) is 0 Å². The lowest BCUT2D eigenvalue weighted by molar-refractivity contribution is 0.0972. The van der Waals surface area contributed by atoms with Crippen molar-refractivity contribution in [2.45, 2.75) is 6.92 Å². The van der Waals surface area contributed by atoms with E-state index in [0.29, 0.717) is 27.9 Å². The van der Waals surface area contributed by atoms with Crippen molar-refractivity contribution >= 4 is 35.0 Å². The molecule has 0 bridgehead atoms. The monoisotopic (exact) mass is 471 g/mol. The van der Waals surface area contributed by atoms with Gasteiger partial charge in [-0.15, -0.1) is 0 Å². The van der Waals surface area contributed by atoms with Crippen molar-refractivity contribution in [3.8, 4) is 0 Å². The molecule has 1 aliphatic rings. The van der Waals surface area contributed by atoms with Crippen LogP contribution < -0.4 is 5.32 Å². The highest BCUT2D eigenvalue weighted by Crippen LogP contribution is 2.30. The Kier molecular flexibility index (Phi) is 5.97. The molecule has 0 unspecified atom stereocenters. The second kappa shape index (κ2) is 9.39. The van der Waals surface area contributed by atoms with Gasteiger partial charge in [0, 0.05) is 39.1 Å². The first kappa shape index (κ1) is 22.9. The zero-order valence-electron chi connectivity index (χ0n) is 19.4. The molecule has 4 aromatic carbocycles. The summed E-state index contributed by atoms with van der Waals surface area (Å²) in [6.45, 7) is 1.98. The molecule has 0 saturated heterocycles. The van der Waals surface area contributed by atoms with E-state index in [1.807, 2.05) is 31.2 Å². The van der Waals surface area contributed by atoms with E-state index in [4.69, 9.17) is 0 Å². The number of nitrogens with one attached hydrogen (secondary N) is 1. The van der Waals surface area contributed by atoms with E-state index in [0.717, 1.165) is 5.56 Å². The Hall–Kier alpha value is -4.90. The number of allylic oxidation sites excluding steroid dienone is 1. The third-order valence-electron chi connectivity index (χ3n) is 6.13. The summed E-state index contributed by atoms with van der Waals surface area (Å²) in [5.41, 5.74) is 4.23. The van der Waals surface area contributed by atoms with E-state index < -0.39 is 0 Å². The van der Waals surface area contributed by atoms with Gasteiger partial charge in [-0.1, -0.05) is 78.4 Å². The largest absolute Gasteiger partial charge is 0.322 e. The number of hydrogen-bond acceptors (Lipinski definition) is 4. The number of rotatable bonds is 5. The Morgan fingerprint density at radius 1 is 0.694 bits per heavy atom. The molecule has 0 atom stereocenters. The predicted octanol–water partition coefficient (Wildman–Crippen LogP) is 5.92. The van der Waals surface area contributed by atoms with E-state index in [9.17, 15) is 19.2 Å². The Morgan fingerprint density at radius 3 is 2.03 bits per heavy atom. The lowest BCUT2D eigenvalue weighted by Gasteiger charge is -2.19. The molecule has 1 N–H and O–H groups in total. The van der Waals surface area contributed by atoms with Crippen LogP contribution in [0.4, 0.5) is 5.69 Å². The van der Waals surface area contributed by atoms with Gasteiger partial charge in [0.1, 0.15) is 0 Å². The van der Waals surface area contributed by atoms with Gasteiger partial charge < -0.3 is 5.32 Å². The maximum atomic E-state index is 13.1. The van der Waals surface area contributed by atoms with Crippen molar-refractivity contribution in [2.75, 3.05) is 5.32 Å². The van der Waals surface area contributed by atoms with Crippen molar-refractivity contribution in [3.05, 3.63) is 142 Å². The average Bonchev–Trinajstić information content (AvgIpc) is 2.91. The van der Waals surface area contributed by atoms with Crippen molar-refractivity contribution < 1.29 is 19.2 Å². The molecule has 0 saturated carbocycles. The zero-order valence-corrected chi connectivity index (χ0v) is 19.4. The van der Waals surface area contributed by atoms with E-state index in [-0.39, 0.29) is 39.9 Å². The van der Waals surface area contributed by atoms with Gasteiger partial charge in [0.05, 0.1) is 0 Å². The summed E-state index contributed by atoms with van der Waals surface area (Å²) >= 11 is 0. The number of hydrogen-bond donors (Lipinski definition) is 1. The smallest absolute Gasteiger partial charge is 0.255 e. The predicted molar refractivity (Wildman–Crippen MR) is 139 cm³/mol. The molecule has 4 aromatic rings. The minimum Gasteiger partial charge on any atom is -0.322 e. The lowest BCUT2D eigenvalue weighted by atomic mass is 9.81. The van der Waals surface area contributed by atoms with E-state index in [2.05, 4.69) is 5.32 Å². The molecule has 0 aromatic heterocycles. The number of carbonyl (C=O) groups is 4. The second-order valence-corrected chi connectivity index (χ2v) is 8.57. The third kappa shape index (κ3) is 4.30. The fraction of sp³-hybridized carbons (Fsp3) is 0.0323. The molecular formula is C31H21NO4. The van der Waals surface area contributed by atoms with Crippen LogP contribution in [0.2, 0.25) is 0 Å². The molecule has 0 spiro atoms. The highest BCUT2D eigenvalue weighted by molar-refractivity contribution is 6.31. The summed E-state index contributed by atoms with van der Waals surface area (Å²) in [7, 11) is 0. The van der Waals surface area contributed by atoms with Crippen molar-refractivity contribution in [2.24, 2.45) is 0 Å². The summed E-state index contributed by atoms with van der Waals surface area (Å²) in [5, 5.41) is 2.85. The summed E-state index contributed by atoms with van der Waals surface area (Å²) in [4.78, 5) is 51.6. The number of aryl methyl sites for hydroxylation is 1. The molecule has 5 nitrogen and oxygen atoms in total. The van der Waals surface area contributed by atoms with Gasteiger partial charge in [-0.05, 0) is 42.8 Å². The molecule has 0 fully saturated rings. The van der Waals surface area contributed by atoms with Crippen LogP contribution in [0.1, 0.15) is 63.7 Å². The van der Waals surface area contributed by atoms with E-state index in [1.54, 1.807) is 72.8 Å². The highest BCUT2D eigenvalue weighted by atomic mass is 16.2. The number of anilines is 1. The van der Waals surface area contributed by atoms with Gasteiger partial charge in [0.25, 0.3) is 5.91 Å². The van der Waals surface area contributed by atoms with Crippen molar-refractivity contribution in [1.82, 2.24) is 0 Å². The zero-order chi connectivity index (χ0) is 25.2. The van der Waals surface area contributed by atoms with Crippen LogP contribution in [0.5, 0.6) is 0 Å². The molecule has 5 rings (SSSR count). The van der Waals surface area contributed by atoms with Gasteiger partial charge in [-0.2, -0.15) is 0 Å². The normalized spacial score (nSPS) is 12.2. The molecule has 36 heavy (non-hydrogen) atoms. The fourth-order valence-corrected chi connectivity index (χ4v) is 4.20. The van der Waals surface area contributed by atoms with Gasteiger partial charge in [-0.3, -0.25) is 19.2 Å². The Balaban J connectivity index is 1.34. The Labute approximate surface area is 208 Å². The molecular weight excluding hydrogens is 450 g/mol. The van der Waals surface area contributed by atoms with Crippen LogP contribution in [-0.4, -0.2) is 23.3 Å². The number of fused-ring (bicyclic) bond motifs is 2. The maximum absolute atomic E-state index is 13.1. The van der Waals surface area contributed by atoms with Gasteiger partial charge in [-0.25, -0.2) is 0 Å². The summed E-state index contributed by atoms with van der Waals surface area (Å²) in [6.07, 6.45) is 2.99. The van der Waals surface area contributed by atoms with Crippen LogP contribution in [-0.2, 0) is 0 Å². The van der Waals surface area contributed by atoms with Gasteiger partial charge in [0.15, 0.2) is 17.3 Å². The first-order chi connectivity index (χ1) is 17.4. The van der Waals surface area contributed by atoms with Crippen LogP contribution in [0, 0.1) is 6.92 Å². The number of benzene rings is 4. The SMILES string of the molecule is Cc1ccc(NC(=O)c2ccc(/C=C/C(=O)c3cccc4c3C(=O)c3ccccc3C4=O)cc2)cc1. The van der Waals surface area contributed by atoms with Gasteiger partial charge >= 0.3 is 0 Å². The lowest BCUT2D eigenvalue weighted by Crippen LogP contribution is -2.23. The van der Waals surface area contributed by atoms with Gasteiger partial charge in [0.2, 0.25) is 0 Å².